The first kappa shape index (κ1) is 19.6. The zero-order valence-electron chi connectivity index (χ0n) is 14.8. The van der Waals surface area contributed by atoms with E-state index in [-0.39, 0.29) is 11.2 Å². The molecule has 1 unspecified atom stereocenters. The van der Waals surface area contributed by atoms with E-state index in [4.69, 9.17) is 23.2 Å². The third-order valence-corrected chi connectivity index (χ3v) is 5.69. The molecule has 2 aromatic rings. The Hall–Kier alpha value is -1.14. The van der Waals surface area contributed by atoms with Crippen LogP contribution in [0.15, 0.2) is 30.5 Å². The van der Waals surface area contributed by atoms with Crippen LogP contribution in [-0.2, 0) is 12.1 Å². The van der Waals surface area contributed by atoms with E-state index >= 15 is 0 Å². The number of halogens is 3. The molecule has 142 valence electrons. The minimum atomic E-state index is -0.878. The molecule has 3 rings (SSSR count). The number of hydrogen-bond acceptors (Lipinski definition) is 3. The van der Waals surface area contributed by atoms with E-state index < -0.39 is 5.60 Å². The quantitative estimate of drug-likeness (QED) is 0.747. The normalized spacial score (nSPS) is 18.8. The Labute approximate surface area is 163 Å². The molecule has 1 aliphatic rings. The molecule has 7 heteroatoms. The Morgan fingerprint density at radius 2 is 1.92 bits per heavy atom. The Bertz CT molecular complexity index is 727. The van der Waals surface area contributed by atoms with Crippen molar-refractivity contribution < 1.29 is 9.50 Å². The largest absolute Gasteiger partial charge is 0.385 e. The number of aryl methyl sites for hydroxylation is 2. The molecule has 1 saturated heterocycles. The van der Waals surface area contributed by atoms with Crippen LogP contribution in [0.1, 0.15) is 30.7 Å². The number of hydrogen-bond donors (Lipinski definition) is 1. The molecule has 0 spiro atoms. The first-order valence-electron chi connectivity index (χ1n) is 8.90. The van der Waals surface area contributed by atoms with Gasteiger partial charge in [-0.2, -0.15) is 0 Å². The van der Waals surface area contributed by atoms with E-state index in [0.717, 1.165) is 44.0 Å². The van der Waals surface area contributed by atoms with Crippen LogP contribution in [0.4, 0.5) is 4.39 Å². The number of aliphatic hydroxyl groups is 1. The summed E-state index contributed by atoms with van der Waals surface area (Å²) in [4.78, 5) is 6.46. The zero-order valence-corrected chi connectivity index (χ0v) is 16.3. The van der Waals surface area contributed by atoms with Crippen LogP contribution < -0.4 is 0 Å². The lowest BCUT2D eigenvalue weighted by molar-refractivity contribution is -0.0259. The summed E-state index contributed by atoms with van der Waals surface area (Å²) in [6.07, 6.45) is 3.90. The molecule has 0 amide bonds. The Balaban J connectivity index is 1.47. The van der Waals surface area contributed by atoms with Crippen LogP contribution in [0.2, 0.25) is 5.15 Å². The maximum Gasteiger partial charge on any atom is 0.147 e. The van der Waals surface area contributed by atoms with Crippen molar-refractivity contribution in [3.63, 3.8) is 0 Å². The summed E-state index contributed by atoms with van der Waals surface area (Å²) in [6, 6.07) is 6.15. The minimum Gasteiger partial charge on any atom is -0.385 e. The highest BCUT2D eigenvalue weighted by atomic mass is 35.5. The van der Waals surface area contributed by atoms with Gasteiger partial charge in [-0.3, -0.25) is 0 Å². The topological polar surface area (TPSA) is 41.3 Å². The van der Waals surface area contributed by atoms with E-state index in [0.29, 0.717) is 18.0 Å². The molecule has 2 heterocycles. The van der Waals surface area contributed by atoms with E-state index in [2.05, 4.69) is 9.88 Å². The predicted molar refractivity (Wildman–Crippen MR) is 102 cm³/mol. The van der Waals surface area contributed by atoms with Gasteiger partial charge in [0.05, 0.1) is 5.60 Å². The molecule has 0 radical (unpaired) electrons. The highest BCUT2D eigenvalue weighted by Crippen LogP contribution is 2.33. The van der Waals surface area contributed by atoms with Gasteiger partial charge >= 0.3 is 0 Å². The fraction of sp³-hybridized carbons (Fsp3) is 0.526. The fourth-order valence-electron chi connectivity index (χ4n) is 3.50. The van der Waals surface area contributed by atoms with Crippen molar-refractivity contribution in [1.82, 2.24) is 14.5 Å². The molecule has 0 saturated carbocycles. The molecular formula is C19H24Cl2FN3O. The molecule has 1 fully saturated rings. The van der Waals surface area contributed by atoms with Crippen molar-refractivity contribution >= 4 is 23.2 Å². The van der Waals surface area contributed by atoms with Crippen LogP contribution in [0.5, 0.6) is 0 Å². The van der Waals surface area contributed by atoms with E-state index in [1.54, 1.807) is 12.1 Å². The lowest BCUT2D eigenvalue weighted by atomic mass is 9.84. The smallest absolute Gasteiger partial charge is 0.147 e. The van der Waals surface area contributed by atoms with Crippen molar-refractivity contribution in [1.29, 1.82) is 0 Å². The van der Waals surface area contributed by atoms with Crippen LogP contribution in [0.25, 0.3) is 0 Å². The van der Waals surface area contributed by atoms with Gasteiger partial charge in [0.2, 0.25) is 0 Å². The predicted octanol–water partition coefficient (Wildman–Crippen LogP) is 3.97. The maximum atomic E-state index is 13.1. The Kier molecular flexibility index (Phi) is 6.23. The number of benzene rings is 1. The van der Waals surface area contributed by atoms with Crippen LogP contribution in [0, 0.1) is 12.7 Å². The van der Waals surface area contributed by atoms with Gasteiger partial charge in [-0.15, -0.1) is 11.6 Å². The van der Waals surface area contributed by atoms with Gasteiger partial charge in [-0.25, -0.2) is 9.37 Å². The van der Waals surface area contributed by atoms with Gasteiger partial charge in [0.25, 0.3) is 0 Å². The maximum absolute atomic E-state index is 13.1. The lowest BCUT2D eigenvalue weighted by Gasteiger charge is -2.39. The number of piperidine rings is 1. The number of imidazole rings is 1. The molecule has 1 N–H and O–H groups in total. The summed E-state index contributed by atoms with van der Waals surface area (Å²) in [5, 5.41) is 11.4. The van der Waals surface area contributed by atoms with Gasteiger partial charge in [0.1, 0.15) is 16.8 Å². The standard InChI is InChI=1S/C19H24Cl2FN3O/c1-14-23-18(21)13-25(14)9-6-16(20)12-24-10-7-19(26,8-11-24)15-2-4-17(22)5-3-15/h2-5,13,16,26H,6-12H2,1H3. The zero-order chi connectivity index (χ0) is 18.7. The third-order valence-electron chi connectivity index (χ3n) is 5.15. The van der Waals surface area contributed by atoms with Crippen molar-refractivity contribution in [2.75, 3.05) is 19.6 Å². The molecule has 0 aliphatic carbocycles. The number of alkyl halides is 1. The second kappa shape index (κ2) is 8.26. The van der Waals surface area contributed by atoms with Gasteiger partial charge in [0.15, 0.2) is 0 Å². The van der Waals surface area contributed by atoms with Gasteiger partial charge in [-0.1, -0.05) is 23.7 Å². The first-order valence-corrected chi connectivity index (χ1v) is 9.71. The molecule has 1 aromatic carbocycles. The van der Waals surface area contributed by atoms with Crippen molar-refractivity contribution in [3.8, 4) is 0 Å². The van der Waals surface area contributed by atoms with Gasteiger partial charge in [0, 0.05) is 37.8 Å². The fourth-order valence-corrected chi connectivity index (χ4v) is 4.03. The number of nitrogens with zero attached hydrogens (tertiary/aromatic N) is 3. The van der Waals surface area contributed by atoms with E-state index in [1.165, 1.54) is 12.1 Å². The summed E-state index contributed by atoms with van der Waals surface area (Å²) in [5.41, 5.74) is -0.0927. The summed E-state index contributed by atoms with van der Waals surface area (Å²) in [6.45, 7) is 5.03. The second-order valence-corrected chi connectivity index (χ2v) is 8.03. The van der Waals surface area contributed by atoms with Crippen LogP contribution in [0.3, 0.4) is 0 Å². The Morgan fingerprint density at radius 1 is 1.27 bits per heavy atom. The van der Waals surface area contributed by atoms with Crippen LogP contribution >= 0.6 is 23.2 Å². The third kappa shape index (κ3) is 4.77. The van der Waals surface area contributed by atoms with Crippen molar-refractivity contribution in [2.45, 2.75) is 43.7 Å². The van der Waals surface area contributed by atoms with E-state index in [1.807, 2.05) is 17.7 Å². The summed E-state index contributed by atoms with van der Waals surface area (Å²) >= 11 is 12.4. The monoisotopic (exact) mass is 399 g/mol. The molecule has 4 nitrogen and oxygen atoms in total. The minimum absolute atomic E-state index is 0.0209. The highest BCUT2D eigenvalue weighted by molar-refractivity contribution is 6.29. The molecular weight excluding hydrogens is 376 g/mol. The summed E-state index contributed by atoms with van der Waals surface area (Å²) < 4.78 is 15.1. The molecule has 26 heavy (non-hydrogen) atoms. The van der Waals surface area contributed by atoms with Gasteiger partial charge in [-0.05, 0) is 43.9 Å². The first-order chi connectivity index (χ1) is 12.4. The number of rotatable bonds is 6. The number of likely N-dealkylation sites (tertiary alicyclic amines) is 1. The average molecular weight is 400 g/mol. The Morgan fingerprint density at radius 3 is 2.50 bits per heavy atom. The van der Waals surface area contributed by atoms with Crippen molar-refractivity contribution in [3.05, 3.63) is 52.8 Å². The van der Waals surface area contributed by atoms with Crippen LogP contribution in [-0.4, -0.2) is 44.6 Å². The molecule has 0 bridgehead atoms. The molecule has 1 aliphatic heterocycles. The second-order valence-electron chi connectivity index (χ2n) is 7.03. The lowest BCUT2D eigenvalue weighted by Crippen LogP contribution is -2.44. The summed E-state index contributed by atoms with van der Waals surface area (Å²) in [5.74, 6) is 0.607. The highest BCUT2D eigenvalue weighted by Gasteiger charge is 2.34. The van der Waals surface area contributed by atoms with Crippen molar-refractivity contribution in [2.24, 2.45) is 0 Å². The van der Waals surface area contributed by atoms with Gasteiger partial charge < -0.3 is 14.6 Å². The molecule has 1 atom stereocenters. The average Bonchev–Trinajstić information content (AvgIpc) is 2.93. The molecule has 1 aromatic heterocycles. The SMILES string of the molecule is Cc1nc(Cl)cn1CCC(Cl)CN1CCC(O)(c2ccc(F)cc2)CC1. The summed E-state index contributed by atoms with van der Waals surface area (Å²) in [7, 11) is 0. The number of aromatic nitrogens is 2. The van der Waals surface area contributed by atoms with E-state index in [9.17, 15) is 9.50 Å².